The van der Waals surface area contributed by atoms with Crippen molar-refractivity contribution < 1.29 is 64.0 Å². The molecule has 0 spiro atoms. The molecule has 0 fully saturated rings. The summed E-state index contributed by atoms with van der Waals surface area (Å²) in [5.74, 6) is 0. The van der Waals surface area contributed by atoms with E-state index in [1.165, 1.54) is 0 Å². The Morgan fingerprint density at radius 1 is 1.00 bits per heavy atom. The van der Waals surface area contributed by atoms with E-state index in [9.17, 15) is 0 Å². The Morgan fingerprint density at radius 3 is 1.00 bits per heavy atom. The third kappa shape index (κ3) is 24.5. The fourth-order valence-electron chi connectivity index (χ4n) is 0. The molecule has 0 radical (unpaired) electrons. The van der Waals surface area contributed by atoms with Gasteiger partial charge >= 0.3 is 29.6 Å². The van der Waals surface area contributed by atoms with Gasteiger partial charge in [-0.15, -0.1) is 12.4 Å². The van der Waals surface area contributed by atoms with Gasteiger partial charge in [-0.1, -0.05) is 0 Å². The van der Waals surface area contributed by atoms with Crippen LogP contribution >= 0.6 is 12.4 Å². The zero-order chi connectivity index (χ0) is 2.00. The van der Waals surface area contributed by atoms with Crippen molar-refractivity contribution in [2.45, 2.75) is 0 Å². The van der Waals surface area contributed by atoms with Crippen LogP contribution in [-0.4, -0.2) is 10.5 Å². The monoisotopic (exact) mass is 220 g/mol. The Hall–Kier alpha value is 1.94. The number of hydrogen-bond donors (Lipinski definition) is 2. The first-order valence-electron chi connectivity index (χ1n) is 0.200. The van der Waals surface area contributed by atoms with Crippen molar-refractivity contribution in [3.8, 4) is 0 Å². The van der Waals surface area contributed by atoms with Crippen LogP contribution < -0.4 is 53.5 Å². The van der Waals surface area contributed by atoms with E-state index in [1.807, 2.05) is 0 Å². The van der Waals surface area contributed by atoms with Crippen molar-refractivity contribution in [2.24, 2.45) is 0 Å². The molecule has 0 atom stereocenters. The van der Waals surface area contributed by atoms with Crippen LogP contribution in [-0.2, 0) is 0 Å². The quantitative estimate of drug-likeness (QED) is 0.185. The second kappa shape index (κ2) is 38.5. The topological polar surface area (TPSA) is 40.5 Å². The van der Waals surface area contributed by atoms with Crippen LogP contribution in [0.4, 0.5) is 0 Å². The largest absolute Gasteiger partial charge is 1.00 e. The third-order valence-electron chi connectivity index (χ3n) is 0. The van der Waals surface area contributed by atoms with Crippen molar-refractivity contribution in [1.82, 2.24) is 0 Å². The van der Waals surface area contributed by atoms with Crippen molar-refractivity contribution in [2.75, 3.05) is 0 Å². The molecule has 0 saturated heterocycles. The standard InChI is InChI=1S/ClH.HI.Na.H2O2/c;;;1-2/h2*1H;;1-2H/q;;+1;/p-1. The van der Waals surface area contributed by atoms with E-state index in [0.717, 1.165) is 0 Å². The molecular weight excluding hydrogens is 217 g/mol. The molecule has 0 amide bonds. The number of hydrogen-bond acceptors (Lipinski definition) is 2. The fraction of sp³-hybridized carbons (Fsp3) is 0. The van der Waals surface area contributed by atoms with E-state index < -0.39 is 0 Å². The molecule has 5 heavy (non-hydrogen) atoms. The van der Waals surface area contributed by atoms with Crippen molar-refractivity contribution in [3.63, 3.8) is 0 Å². The van der Waals surface area contributed by atoms with Crippen LogP contribution in [0, 0.1) is 0 Å². The number of rotatable bonds is 0. The molecule has 0 aromatic rings. The molecule has 0 aliphatic heterocycles. The van der Waals surface area contributed by atoms with Gasteiger partial charge in [0.05, 0.1) is 0 Å². The summed E-state index contributed by atoms with van der Waals surface area (Å²) in [5.41, 5.74) is 0. The van der Waals surface area contributed by atoms with Gasteiger partial charge in [-0.05, 0) is 0 Å². The van der Waals surface area contributed by atoms with E-state index in [4.69, 9.17) is 10.5 Å². The average Bonchev–Trinajstić information content (AvgIpc) is 1.00. The second-order valence-electron chi connectivity index (χ2n) is 0. The summed E-state index contributed by atoms with van der Waals surface area (Å²) in [7, 11) is 0. The first-order chi connectivity index (χ1) is 1.00. The molecule has 2 nitrogen and oxygen atoms in total. The summed E-state index contributed by atoms with van der Waals surface area (Å²) in [6.45, 7) is 0. The van der Waals surface area contributed by atoms with Crippen LogP contribution in [0.25, 0.3) is 0 Å². The molecule has 0 aromatic heterocycles. The summed E-state index contributed by atoms with van der Waals surface area (Å²) >= 11 is 0. The third-order valence-corrected chi connectivity index (χ3v) is 0. The normalized spacial score (nSPS) is 1.20. The fourth-order valence-corrected chi connectivity index (χ4v) is 0. The average molecular weight is 220 g/mol. The minimum atomic E-state index is 0. The molecule has 0 aliphatic carbocycles. The summed E-state index contributed by atoms with van der Waals surface area (Å²) in [4.78, 5) is 0. The summed E-state index contributed by atoms with van der Waals surface area (Å²) in [6, 6.07) is 0. The van der Waals surface area contributed by atoms with Gasteiger partial charge in [0.2, 0.25) is 0 Å². The van der Waals surface area contributed by atoms with Crippen LogP contribution in [0.15, 0.2) is 0 Å². The Labute approximate surface area is 75.6 Å². The van der Waals surface area contributed by atoms with Crippen molar-refractivity contribution in [1.29, 1.82) is 0 Å². The Kier molecular flexibility index (Phi) is 218. The molecule has 0 unspecified atom stereocenters. The Bertz CT molecular complexity index is 9.61. The maximum Gasteiger partial charge on any atom is 1.00 e. The minimum absolute atomic E-state index is 0. The molecule has 0 bridgehead atoms. The van der Waals surface area contributed by atoms with E-state index in [-0.39, 0.29) is 65.9 Å². The zero-order valence-corrected chi connectivity index (χ0v) is 7.65. The maximum atomic E-state index is 6.00. The molecule has 30 valence electrons. The predicted molar refractivity (Wildman–Crippen MR) is 12.5 cm³/mol. The van der Waals surface area contributed by atoms with Gasteiger partial charge in [-0.2, -0.15) is 0 Å². The number of halogens is 2. The molecule has 0 aliphatic rings. The minimum Gasteiger partial charge on any atom is -1.00 e. The molecule has 0 saturated carbocycles. The first kappa shape index (κ1) is 28.3. The molecular formula is H3ClINaO2. The summed E-state index contributed by atoms with van der Waals surface area (Å²) in [5, 5.41) is 12.0. The summed E-state index contributed by atoms with van der Waals surface area (Å²) in [6.07, 6.45) is 0. The van der Waals surface area contributed by atoms with Crippen LogP contribution in [0.3, 0.4) is 0 Å². The van der Waals surface area contributed by atoms with Crippen LogP contribution in [0.5, 0.6) is 0 Å². The smallest absolute Gasteiger partial charge is 1.00 e. The van der Waals surface area contributed by atoms with Gasteiger partial charge in [-0.25, -0.2) is 0 Å². The first-order valence-corrected chi connectivity index (χ1v) is 0.200. The van der Waals surface area contributed by atoms with Gasteiger partial charge in [0.15, 0.2) is 0 Å². The van der Waals surface area contributed by atoms with Gasteiger partial charge in [0.1, 0.15) is 0 Å². The molecule has 2 N–H and O–H groups in total. The van der Waals surface area contributed by atoms with Crippen LogP contribution in [0.1, 0.15) is 0 Å². The van der Waals surface area contributed by atoms with E-state index in [0.29, 0.717) is 0 Å². The van der Waals surface area contributed by atoms with E-state index in [2.05, 4.69) is 0 Å². The van der Waals surface area contributed by atoms with Crippen molar-refractivity contribution >= 4 is 12.4 Å². The Balaban J connectivity index is -0.00000000167. The SMILES string of the molecule is Cl.OO.[I-].[Na+]. The van der Waals surface area contributed by atoms with Gasteiger partial charge in [0, 0.05) is 0 Å². The molecule has 5 heteroatoms. The predicted octanol–water partition coefficient (Wildman–Crippen LogP) is -5.55. The van der Waals surface area contributed by atoms with Gasteiger partial charge < -0.3 is 24.0 Å². The summed E-state index contributed by atoms with van der Waals surface area (Å²) < 4.78 is 0. The molecule has 0 rings (SSSR count). The van der Waals surface area contributed by atoms with Gasteiger partial charge in [-0.3, -0.25) is 10.5 Å². The zero-order valence-electron chi connectivity index (χ0n) is 2.68. The van der Waals surface area contributed by atoms with Gasteiger partial charge in [0.25, 0.3) is 0 Å². The molecule has 0 aromatic carbocycles. The Morgan fingerprint density at radius 2 is 1.00 bits per heavy atom. The van der Waals surface area contributed by atoms with Crippen LogP contribution in [0.2, 0.25) is 0 Å². The van der Waals surface area contributed by atoms with E-state index in [1.54, 1.807) is 0 Å². The van der Waals surface area contributed by atoms with E-state index >= 15 is 0 Å². The van der Waals surface area contributed by atoms with Crippen molar-refractivity contribution in [3.05, 3.63) is 0 Å². The molecule has 0 heterocycles. The second-order valence-corrected chi connectivity index (χ2v) is 0. The maximum absolute atomic E-state index is 6.00.